The Kier molecular flexibility index (Phi) is 8.67. The Morgan fingerprint density at radius 2 is 1.25 bits per heavy atom. The molecule has 0 spiro atoms. The number of amides is 2. The Morgan fingerprint density at radius 3 is 1.94 bits per heavy atom. The third-order valence-electron chi connectivity index (χ3n) is 5.50. The van der Waals surface area contributed by atoms with Crippen LogP contribution in [0.1, 0.15) is 44.3 Å². The summed E-state index contributed by atoms with van der Waals surface area (Å²) >= 11 is 1.84. The van der Waals surface area contributed by atoms with E-state index in [1.807, 2.05) is 104 Å². The first kappa shape index (κ1) is 24.9. The standard InChI is InChI=1S/C30H27N3O2S/c1-22(27-13-8-14-28(19-27)31-29(34)25-11-6-3-7-12-25)32-33-30(35)26-17-15-24(16-18-26)21-36-20-23-9-4-2-5-10-23/h2-19H,20-21H2,1H3,(H,31,34)(H,33,35)/b32-22+. The number of benzene rings is 4. The lowest BCUT2D eigenvalue weighted by Crippen LogP contribution is -2.19. The Hall–Kier alpha value is -4.16. The molecule has 0 heterocycles. The molecule has 180 valence electrons. The normalized spacial score (nSPS) is 11.1. The van der Waals surface area contributed by atoms with Gasteiger partial charge in [-0.05, 0) is 60.0 Å². The first-order chi connectivity index (χ1) is 17.6. The van der Waals surface area contributed by atoms with Crippen LogP contribution in [0.2, 0.25) is 0 Å². The molecule has 0 atom stereocenters. The summed E-state index contributed by atoms with van der Waals surface area (Å²) in [5.41, 5.74) is 8.31. The molecule has 4 rings (SSSR count). The molecule has 5 nitrogen and oxygen atoms in total. The monoisotopic (exact) mass is 493 g/mol. The number of hydrogen-bond donors (Lipinski definition) is 2. The lowest BCUT2D eigenvalue weighted by Gasteiger charge is -2.08. The SMILES string of the molecule is C/C(=N\NC(=O)c1ccc(CSCc2ccccc2)cc1)c1cccc(NC(=O)c2ccccc2)c1. The van der Waals surface area contributed by atoms with Crippen LogP contribution in [0, 0.1) is 0 Å². The molecule has 0 radical (unpaired) electrons. The molecule has 4 aromatic rings. The van der Waals surface area contributed by atoms with E-state index in [1.54, 1.807) is 12.1 Å². The van der Waals surface area contributed by atoms with E-state index in [4.69, 9.17) is 0 Å². The highest BCUT2D eigenvalue weighted by Crippen LogP contribution is 2.18. The van der Waals surface area contributed by atoms with Crippen molar-refractivity contribution in [2.24, 2.45) is 5.10 Å². The van der Waals surface area contributed by atoms with E-state index in [-0.39, 0.29) is 11.8 Å². The first-order valence-corrected chi connectivity index (χ1v) is 12.8. The Labute approximate surface area is 215 Å². The molecular weight excluding hydrogens is 466 g/mol. The van der Waals surface area contributed by atoms with Gasteiger partial charge in [-0.15, -0.1) is 0 Å². The van der Waals surface area contributed by atoms with Crippen LogP contribution < -0.4 is 10.7 Å². The van der Waals surface area contributed by atoms with Gasteiger partial charge in [0.25, 0.3) is 11.8 Å². The topological polar surface area (TPSA) is 70.6 Å². The van der Waals surface area contributed by atoms with Gasteiger partial charge in [0.1, 0.15) is 0 Å². The number of hydrogen-bond acceptors (Lipinski definition) is 4. The van der Waals surface area contributed by atoms with Gasteiger partial charge in [-0.25, -0.2) is 5.43 Å². The van der Waals surface area contributed by atoms with E-state index < -0.39 is 0 Å². The van der Waals surface area contributed by atoms with Crippen molar-refractivity contribution in [2.45, 2.75) is 18.4 Å². The highest BCUT2D eigenvalue weighted by molar-refractivity contribution is 7.97. The average Bonchev–Trinajstić information content (AvgIpc) is 2.93. The molecule has 0 aromatic heterocycles. The van der Waals surface area contributed by atoms with Crippen molar-refractivity contribution in [3.8, 4) is 0 Å². The van der Waals surface area contributed by atoms with Gasteiger partial charge in [0.15, 0.2) is 0 Å². The fourth-order valence-corrected chi connectivity index (χ4v) is 4.45. The molecule has 2 N–H and O–H groups in total. The van der Waals surface area contributed by atoms with Crippen LogP contribution in [0.4, 0.5) is 5.69 Å². The summed E-state index contributed by atoms with van der Waals surface area (Å²) in [6.45, 7) is 1.81. The molecule has 0 bridgehead atoms. The average molecular weight is 494 g/mol. The second-order valence-electron chi connectivity index (χ2n) is 8.21. The van der Waals surface area contributed by atoms with Crippen molar-refractivity contribution in [2.75, 3.05) is 5.32 Å². The molecule has 0 unspecified atom stereocenters. The summed E-state index contributed by atoms with van der Waals surface area (Å²) in [6, 6.07) is 34.4. The Morgan fingerprint density at radius 1 is 0.667 bits per heavy atom. The zero-order chi connectivity index (χ0) is 25.2. The molecular formula is C30H27N3O2S. The minimum atomic E-state index is -0.272. The maximum atomic E-state index is 12.6. The second-order valence-corrected chi connectivity index (χ2v) is 9.20. The van der Waals surface area contributed by atoms with Crippen LogP contribution >= 0.6 is 11.8 Å². The quantitative estimate of drug-likeness (QED) is 0.206. The van der Waals surface area contributed by atoms with Gasteiger partial charge in [0.2, 0.25) is 0 Å². The van der Waals surface area contributed by atoms with Gasteiger partial charge in [0, 0.05) is 28.3 Å². The predicted molar refractivity (Wildman–Crippen MR) is 148 cm³/mol. The number of thioether (sulfide) groups is 1. The smallest absolute Gasteiger partial charge is 0.271 e. The van der Waals surface area contributed by atoms with Crippen molar-refractivity contribution < 1.29 is 9.59 Å². The molecule has 0 aliphatic carbocycles. The van der Waals surface area contributed by atoms with E-state index in [9.17, 15) is 9.59 Å². The lowest BCUT2D eigenvalue weighted by atomic mass is 10.1. The molecule has 0 saturated heterocycles. The molecule has 0 aliphatic rings. The molecule has 2 amide bonds. The number of carbonyl (C=O) groups is 2. The minimum absolute atomic E-state index is 0.183. The zero-order valence-electron chi connectivity index (χ0n) is 20.0. The van der Waals surface area contributed by atoms with Gasteiger partial charge < -0.3 is 5.32 Å². The van der Waals surface area contributed by atoms with E-state index in [1.165, 1.54) is 11.1 Å². The molecule has 6 heteroatoms. The van der Waals surface area contributed by atoms with Crippen LogP contribution in [0.15, 0.2) is 114 Å². The largest absolute Gasteiger partial charge is 0.322 e. The first-order valence-electron chi connectivity index (χ1n) is 11.6. The van der Waals surface area contributed by atoms with E-state index in [0.29, 0.717) is 22.5 Å². The van der Waals surface area contributed by atoms with Crippen molar-refractivity contribution in [1.29, 1.82) is 0 Å². The van der Waals surface area contributed by atoms with Gasteiger partial charge in [-0.1, -0.05) is 72.8 Å². The minimum Gasteiger partial charge on any atom is -0.322 e. The lowest BCUT2D eigenvalue weighted by molar-refractivity contribution is 0.0954. The van der Waals surface area contributed by atoms with Gasteiger partial charge in [0.05, 0.1) is 5.71 Å². The van der Waals surface area contributed by atoms with E-state index in [0.717, 1.165) is 17.1 Å². The van der Waals surface area contributed by atoms with E-state index in [2.05, 4.69) is 28.0 Å². The number of nitrogens with zero attached hydrogens (tertiary/aromatic N) is 1. The summed E-state index contributed by atoms with van der Waals surface area (Å²) in [7, 11) is 0. The number of carbonyl (C=O) groups excluding carboxylic acids is 2. The summed E-state index contributed by atoms with van der Waals surface area (Å²) in [5.74, 6) is 1.38. The van der Waals surface area contributed by atoms with Gasteiger partial charge >= 0.3 is 0 Å². The van der Waals surface area contributed by atoms with Crippen LogP contribution in [-0.2, 0) is 11.5 Å². The van der Waals surface area contributed by atoms with Crippen molar-refractivity contribution in [3.05, 3.63) is 137 Å². The van der Waals surface area contributed by atoms with Crippen LogP contribution in [0.5, 0.6) is 0 Å². The van der Waals surface area contributed by atoms with Crippen molar-refractivity contribution >= 4 is 35.0 Å². The number of nitrogens with one attached hydrogen (secondary N) is 2. The van der Waals surface area contributed by atoms with Gasteiger partial charge in [-0.2, -0.15) is 16.9 Å². The van der Waals surface area contributed by atoms with Crippen molar-refractivity contribution in [3.63, 3.8) is 0 Å². The molecule has 4 aromatic carbocycles. The van der Waals surface area contributed by atoms with Crippen LogP contribution in [0.25, 0.3) is 0 Å². The molecule has 0 saturated carbocycles. The number of anilines is 1. The third kappa shape index (κ3) is 7.17. The molecule has 36 heavy (non-hydrogen) atoms. The van der Waals surface area contributed by atoms with E-state index >= 15 is 0 Å². The second kappa shape index (κ2) is 12.5. The summed E-state index contributed by atoms with van der Waals surface area (Å²) in [4.78, 5) is 25.0. The fraction of sp³-hybridized carbons (Fsp3) is 0.100. The maximum Gasteiger partial charge on any atom is 0.271 e. The Balaban J connectivity index is 1.30. The fourth-order valence-electron chi connectivity index (χ4n) is 3.49. The number of rotatable bonds is 9. The highest BCUT2D eigenvalue weighted by atomic mass is 32.2. The third-order valence-corrected chi connectivity index (χ3v) is 6.57. The summed E-state index contributed by atoms with van der Waals surface area (Å²) in [5, 5.41) is 7.15. The summed E-state index contributed by atoms with van der Waals surface area (Å²) < 4.78 is 0. The summed E-state index contributed by atoms with van der Waals surface area (Å²) in [6.07, 6.45) is 0. The van der Waals surface area contributed by atoms with Crippen LogP contribution in [0.3, 0.4) is 0 Å². The molecule has 0 fully saturated rings. The predicted octanol–water partition coefficient (Wildman–Crippen LogP) is 6.53. The Bertz CT molecular complexity index is 1340. The van der Waals surface area contributed by atoms with Crippen molar-refractivity contribution in [1.82, 2.24) is 5.43 Å². The number of hydrazone groups is 1. The van der Waals surface area contributed by atoms with Gasteiger partial charge in [-0.3, -0.25) is 9.59 Å². The van der Waals surface area contributed by atoms with Crippen LogP contribution in [-0.4, -0.2) is 17.5 Å². The molecule has 0 aliphatic heterocycles. The maximum absolute atomic E-state index is 12.6. The highest BCUT2D eigenvalue weighted by Gasteiger charge is 2.08. The zero-order valence-corrected chi connectivity index (χ0v) is 20.8.